The van der Waals surface area contributed by atoms with Crippen LogP contribution in [0.1, 0.15) is 0 Å². The minimum absolute atomic E-state index is 0.0923. The second-order valence-electron chi connectivity index (χ2n) is 3.67. The summed E-state index contributed by atoms with van der Waals surface area (Å²) in [7, 11) is 0. The summed E-state index contributed by atoms with van der Waals surface area (Å²) in [4.78, 5) is 6.84. The minimum atomic E-state index is 0.0923. The maximum absolute atomic E-state index is 4.54. The van der Waals surface area contributed by atoms with Crippen LogP contribution in [-0.2, 0) is 0 Å². The van der Waals surface area contributed by atoms with Crippen molar-refractivity contribution in [2.24, 2.45) is 0 Å². The molecule has 1 heterocycles. The summed E-state index contributed by atoms with van der Waals surface area (Å²) in [6.07, 6.45) is 1.88. The Morgan fingerprint density at radius 3 is 2.69 bits per heavy atom. The van der Waals surface area contributed by atoms with Gasteiger partial charge in [0.15, 0.2) is 0 Å². The van der Waals surface area contributed by atoms with E-state index in [0.717, 1.165) is 5.52 Å². The number of hydrogen-bond donors (Lipinski definition) is 0. The predicted octanol–water partition coefficient (Wildman–Crippen LogP) is 0.276. The molecule has 1 aromatic heterocycles. The first kappa shape index (κ1) is 10.0. The van der Waals surface area contributed by atoms with Gasteiger partial charge >= 0.3 is 105 Å². The fraction of sp³-hybridized carbons (Fsp3) is 0.0714. The number of hydrogen-bond acceptors (Lipinski definition) is 1. The Morgan fingerprint density at radius 1 is 1.00 bits per heavy atom. The standard InChI is InChI=1S/C14H11IN/c1-15-13-9-10-5-2-3-6-11(10)14-12(13)7-4-8-16-14/h2-9H,1H3/q-1. The molecule has 80 valence electrons. The molecule has 0 fully saturated rings. The molecule has 0 aliphatic carbocycles. The van der Waals surface area contributed by atoms with E-state index in [4.69, 9.17) is 0 Å². The SMILES string of the molecule is C[I-]c1cc2ccccc2c2ncccc12. The van der Waals surface area contributed by atoms with Gasteiger partial charge in [0.1, 0.15) is 0 Å². The topological polar surface area (TPSA) is 12.9 Å². The summed E-state index contributed by atoms with van der Waals surface area (Å²) < 4.78 is 1.49. The number of rotatable bonds is 1. The molecule has 0 bridgehead atoms. The van der Waals surface area contributed by atoms with Gasteiger partial charge in [0.2, 0.25) is 0 Å². The average molecular weight is 320 g/mol. The van der Waals surface area contributed by atoms with Crippen molar-refractivity contribution in [2.45, 2.75) is 0 Å². The van der Waals surface area contributed by atoms with Crippen molar-refractivity contribution in [3.63, 3.8) is 0 Å². The van der Waals surface area contributed by atoms with Crippen molar-refractivity contribution in [2.75, 3.05) is 4.93 Å². The molecule has 3 aromatic rings. The zero-order valence-electron chi connectivity index (χ0n) is 8.94. The normalized spacial score (nSPS) is 11.3. The molecule has 0 atom stereocenters. The van der Waals surface area contributed by atoms with Crippen LogP contribution in [0.25, 0.3) is 21.7 Å². The van der Waals surface area contributed by atoms with Gasteiger partial charge in [-0.2, -0.15) is 0 Å². The van der Waals surface area contributed by atoms with Crippen molar-refractivity contribution in [1.29, 1.82) is 0 Å². The number of nitrogens with zero attached hydrogens (tertiary/aromatic N) is 1. The van der Waals surface area contributed by atoms with Gasteiger partial charge in [-0.15, -0.1) is 0 Å². The van der Waals surface area contributed by atoms with Gasteiger partial charge in [0.25, 0.3) is 0 Å². The Kier molecular flexibility index (Phi) is 2.52. The molecule has 0 aliphatic heterocycles. The second-order valence-corrected chi connectivity index (χ2v) is 5.91. The van der Waals surface area contributed by atoms with Crippen molar-refractivity contribution >= 4 is 21.7 Å². The fourth-order valence-electron chi connectivity index (χ4n) is 2.02. The first-order valence-electron chi connectivity index (χ1n) is 5.16. The van der Waals surface area contributed by atoms with Crippen LogP contribution in [0.5, 0.6) is 0 Å². The quantitative estimate of drug-likeness (QED) is 0.357. The summed E-state index contributed by atoms with van der Waals surface area (Å²) in [5.41, 5.74) is 1.15. The number of fused-ring (bicyclic) bond motifs is 3. The Hall–Kier alpha value is -1.16. The number of pyridine rings is 1. The van der Waals surface area contributed by atoms with Crippen molar-refractivity contribution in [3.05, 3.63) is 52.2 Å². The monoisotopic (exact) mass is 320 g/mol. The molecule has 16 heavy (non-hydrogen) atoms. The van der Waals surface area contributed by atoms with Crippen LogP contribution in [0.3, 0.4) is 0 Å². The van der Waals surface area contributed by atoms with Gasteiger partial charge in [-0.05, 0) is 0 Å². The summed E-state index contributed by atoms with van der Waals surface area (Å²) in [5.74, 6) is 0. The van der Waals surface area contributed by atoms with E-state index < -0.39 is 0 Å². The van der Waals surface area contributed by atoms with E-state index in [1.54, 1.807) is 0 Å². The molecule has 0 aliphatic rings. The fourth-order valence-corrected chi connectivity index (χ4v) is 3.69. The average Bonchev–Trinajstić information content (AvgIpc) is 2.38. The van der Waals surface area contributed by atoms with Crippen LogP contribution >= 0.6 is 0 Å². The second kappa shape index (κ2) is 4.01. The van der Waals surface area contributed by atoms with E-state index in [1.165, 1.54) is 19.7 Å². The molecular formula is C14H11IN-. The Labute approximate surface area is 105 Å². The van der Waals surface area contributed by atoms with Crippen molar-refractivity contribution < 1.29 is 21.2 Å². The molecule has 3 rings (SSSR count). The first-order chi connectivity index (χ1) is 7.90. The maximum atomic E-state index is 4.54. The van der Waals surface area contributed by atoms with Crippen molar-refractivity contribution in [3.8, 4) is 0 Å². The molecule has 0 saturated carbocycles. The van der Waals surface area contributed by atoms with Crippen LogP contribution < -0.4 is 21.2 Å². The number of aromatic nitrogens is 1. The molecular weight excluding hydrogens is 309 g/mol. The molecule has 0 amide bonds. The molecule has 0 spiro atoms. The van der Waals surface area contributed by atoms with Crippen LogP contribution in [0.2, 0.25) is 0 Å². The van der Waals surface area contributed by atoms with E-state index >= 15 is 0 Å². The van der Waals surface area contributed by atoms with Crippen molar-refractivity contribution in [1.82, 2.24) is 4.98 Å². The Balaban J connectivity index is 2.57. The molecule has 2 aromatic carbocycles. The number of benzene rings is 2. The molecule has 0 radical (unpaired) electrons. The zero-order chi connectivity index (χ0) is 11.0. The third-order valence-corrected chi connectivity index (χ3v) is 4.82. The third kappa shape index (κ3) is 1.48. The summed E-state index contributed by atoms with van der Waals surface area (Å²) in [6, 6.07) is 15.0. The van der Waals surface area contributed by atoms with E-state index in [0.29, 0.717) is 0 Å². The van der Waals surface area contributed by atoms with E-state index in [9.17, 15) is 0 Å². The van der Waals surface area contributed by atoms with Gasteiger partial charge in [-0.25, -0.2) is 0 Å². The van der Waals surface area contributed by atoms with E-state index in [2.05, 4.69) is 46.3 Å². The zero-order valence-corrected chi connectivity index (χ0v) is 11.1. The first-order valence-corrected chi connectivity index (χ1v) is 8.40. The molecule has 1 nitrogen and oxygen atoms in total. The number of halogens is 1. The third-order valence-electron chi connectivity index (χ3n) is 2.77. The summed E-state index contributed by atoms with van der Waals surface area (Å²) in [6.45, 7) is 0. The van der Waals surface area contributed by atoms with Crippen LogP contribution in [0, 0.1) is 3.57 Å². The molecule has 0 saturated heterocycles. The molecule has 0 unspecified atom stereocenters. The predicted molar refractivity (Wildman–Crippen MR) is 63.9 cm³/mol. The summed E-state index contributed by atoms with van der Waals surface area (Å²) >= 11 is 0.0923. The van der Waals surface area contributed by atoms with Crippen LogP contribution in [0.15, 0.2) is 48.7 Å². The molecule has 2 heteroatoms. The van der Waals surface area contributed by atoms with Gasteiger partial charge in [0, 0.05) is 0 Å². The Bertz CT molecular complexity index is 661. The van der Waals surface area contributed by atoms with Crippen LogP contribution in [-0.4, -0.2) is 9.91 Å². The van der Waals surface area contributed by atoms with Gasteiger partial charge in [-0.3, -0.25) is 0 Å². The van der Waals surface area contributed by atoms with Crippen LogP contribution in [0.4, 0.5) is 0 Å². The number of alkyl halides is 1. The Morgan fingerprint density at radius 2 is 1.81 bits per heavy atom. The molecule has 0 N–H and O–H groups in total. The van der Waals surface area contributed by atoms with E-state index in [-0.39, 0.29) is 21.2 Å². The van der Waals surface area contributed by atoms with E-state index in [1.807, 2.05) is 12.3 Å². The van der Waals surface area contributed by atoms with Gasteiger partial charge in [-0.1, -0.05) is 0 Å². The van der Waals surface area contributed by atoms with Gasteiger partial charge in [0.05, 0.1) is 0 Å². The summed E-state index contributed by atoms with van der Waals surface area (Å²) in [5, 5.41) is 3.90. The van der Waals surface area contributed by atoms with Gasteiger partial charge < -0.3 is 0 Å².